The van der Waals surface area contributed by atoms with Crippen LogP contribution in [-0.4, -0.2) is 57.4 Å². The van der Waals surface area contributed by atoms with Crippen LogP contribution >= 0.6 is 11.8 Å². The van der Waals surface area contributed by atoms with Crippen LogP contribution in [0.25, 0.3) is 0 Å². The van der Waals surface area contributed by atoms with Gasteiger partial charge in [0, 0.05) is 25.2 Å². The van der Waals surface area contributed by atoms with Gasteiger partial charge in [-0.3, -0.25) is 9.59 Å². The van der Waals surface area contributed by atoms with Crippen LogP contribution in [0.1, 0.15) is 55.3 Å². The number of carbonyl (C=O) groups excluding carboxylic acids is 2. The first kappa shape index (κ1) is 22.1. The number of amides is 2. The first-order chi connectivity index (χ1) is 14.5. The zero-order valence-corrected chi connectivity index (χ0v) is 18.6. The number of methoxy groups -OCH3 is 1. The van der Waals surface area contributed by atoms with E-state index in [1.807, 2.05) is 23.3 Å². The molecule has 8 nitrogen and oxygen atoms in total. The van der Waals surface area contributed by atoms with Gasteiger partial charge in [-0.25, -0.2) is 0 Å². The van der Waals surface area contributed by atoms with Crippen molar-refractivity contribution in [3.8, 4) is 5.75 Å². The van der Waals surface area contributed by atoms with Gasteiger partial charge in [0.25, 0.3) is 5.91 Å². The third-order valence-corrected chi connectivity index (χ3v) is 6.13. The van der Waals surface area contributed by atoms with Crippen molar-refractivity contribution in [1.29, 1.82) is 0 Å². The maximum Gasteiger partial charge on any atom is 0.251 e. The average molecular weight is 432 g/mol. The Kier molecular flexibility index (Phi) is 7.73. The standard InChI is InChI=1S/C21H29N5O3S/c1-4-26-19(15(2)22-20(28)16-8-10-17(29-3)11-9-16)23-24-21(26)30-14-18(27)25-12-6-5-7-13-25/h8-11,15H,4-7,12-14H2,1-3H3,(H,22,28)/t15-/m0/s1. The highest BCUT2D eigenvalue weighted by Crippen LogP contribution is 2.22. The highest BCUT2D eigenvalue weighted by atomic mass is 32.2. The topological polar surface area (TPSA) is 89.4 Å². The van der Waals surface area contributed by atoms with E-state index in [9.17, 15) is 9.59 Å². The molecule has 1 aromatic heterocycles. The fraction of sp³-hybridized carbons (Fsp3) is 0.524. The molecule has 1 atom stereocenters. The predicted octanol–water partition coefficient (Wildman–Crippen LogP) is 2.90. The van der Waals surface area contributed by atoms with Crippen LogP contribution in [0.3, 0.4) is 0 Å². The van der Waals surface area contributed by atoms with Crippen LogP contribution in [-0.2, 0) is 11.3 Å². The molecule has 2 heterocycles. The number of ether oxygens (including phenoxy) is 1. The van der Waals surface area contributed by atoms with E-state index in [1.165, 1.54) is 18.2 Å². The predicted molar refractivity (Wildman–Crippen MR) is 116 cm³/mol. The Labute approximate surface area is 181 Å². The number of aromatic nitrogens is 3. The third kappa shape index (κ3) is 5.33. The van der Waals surface area contributed by atoms with Gasteiger partial charge < -0.3 is 19.5 Å². The molecular weight excluding hydrogens is 402 g/mol. The van der Waals surface area contributed by atoms with Crippen molar-refractivity contribution in [2.75, 3.05) is 26.0 Å². The van der Waals surface area contributed by atoms with Crippen LogP contribution in [0, 0.1) is 0 Å². The molecule has 1 aromatic carbocycles. The second-order valence-electron chi connectivity index (χ2n) is 7.24. The number of hydrogen-bond acceptors (Lipinski definition) is 6. The highest BCUT2D eigenvalue weighted by Gasteiger charge is 2.22. The molecule has 1 aliphatic rings. The van der Waals surface area contributed by atoms with E-state index in [0.29, 0.717) is 34.6 Å². The van der Waals surface area contributed by atoms with Crippen LogP contribution in [0.15, 0.2) is 29.4 Å². The van der Waals surface area contributed by atoms with Crippen molar-refractivity contribution in [1.82, 2.24) is 25.0 Å². The lowest BCUT2D eigenvalue weighted by Crippen LogP contribution is -2.36. The smallest absolute Gasteiger partial charge is 0.251 e. The Morgan fingerprint density at radius 2 is 1.87 bits per heavy atom. The lowest BCUT2D eigenvalue weighted by atomic mass is 10.1. The average Bonchev–Trinajstić information content (AvgIpc) is 3.21. The van der Waals surface area contributed by atoms with E-state index in [4.69, 9.17) is 4.74 Å². The van der Waals surface area contributed by atoms with Crippen molar-refractivity contribution < 1.29 is 14.3 Å². The van der Waals surface area contributed by atoms with E-state index in [0.717, 1.165) is 25.9 Å². The molecule has 1 aliphatic heterocycles. The molecule has 3 rings (SSSR count). The summed E-state index contributed by atoms with van der Waals surface area (Å²) in [5, 5.41) is 12.2. The van der Waals surface area contributed by atoms with Gasteiger partial charge in [-0.2, -0.15) is 0 Å². The summed E-state index contributed by atoms with van der Waals surface area (Å²) in [5.41, 5.74) is 0.548. The summed E-state index contributed by atoms with van der Waals surface area (Å²) in [6, 6.07) is 6.63. The Morgan fingerprint density at radius 3 is 2.50 bits per heavy atom. The highest BCUT2D eigenvalue weighted by molar-refractivity contribution is 7.99. The maximum absolute atomic E-state index is 12.6. The van der Waals surface area contributed by atoms with Crippen molar-refractivity contribution >= 4 is 23.6 Å². The quantitative estimate of drug-likeness (QED) is 0.647. The van der Waals surface area contributed by atoms with Gasteiger partial charge in [0.15, 0.2) is 11.0 Å². The molecule has 0 bridgehead atoms. The van der Waals surface area contributed by atoms with Crippen molar-refractivity contribution in [3.05, 3.63) is 35.7 Å². The van der Waals surface area contributed by atoms with Crippen molar-refractivity contribution in [2.45, 2.75) is 50.9 Å². The van der Waals surface area contributed by atoms with Crippen LogP contribution in [0.4, 0.5) is 0 Å². The van der Waals surface area contributed by atoms with E-state index >= 15 is 0 Å². The molecule has 0 aliphatic carbocycles. The number of nitrogens with zero attached hydrogens (tertiary/aromatic N) is 4. The van der Waals surface area contributed by atoms with Crippen LogP contribution in [0.2, 0.25) is 0 Å². The minimum atomic E-state index is -0.320. The van der Waals surface area contributed by atoms with E-state index < -0.39 is 0 Å². The fourth-order valence-electron chi connectivity index (χ4n) is 3.47. The molecular formula is C21H29N5O3S. The Morgan fingerprint density at radius 1 is 1.17 bits per heavy atom. The molecule has 2 aromatic rings. The number of carbonyl (C=O) groups is 2. The van der Waals surface area contributed by atoms with Crippen molar-refractivity contribution in [2.24, 2.45) is 0 Å². The summed E-state index contributed by atoms with van der Waals surface area (Å²) in [6.07, 6.45) is 3.36. The number of thioether (sulfide) groups is 1. The van der Waals surface area contributed by atoms with Crippen LogP contribution in [0.5, 0.6) is 5.75 Å². The molecule has 0 unspecified atom stereocenters. The minimum Gasteiger partial charge on any atom is -0.497 e. The second kappa shape index (κ2) is 10.5. The normalized spacial score (nSPS) is 15.0. The number of nitrogens with one attached hydrogen (secondary N) is 1. The molecule has 1 fully saturated rings. The van der Waals surface area contributed by atoms with Crippen LogP contribution < -0.4 is 10.1 Å². The van der Waals surface area contributed by atoms with Gasteiger partial charge in [0.05, 0.1) is 18.9 Å². The largest absolute Gasteiger partial charge is 0.497 e. The number of rotatable bonds is 8. The lowest BCUT2D eigenvalue weighted by Gasteiger charge is -2.26. The zero-order valence-electron chi connectivity index (χ0n) is 17.8. The summed E-state index contributed by atoms with van der Waals surface area (Å²) in [4.78, 5) is 26.9. The first-order valence-corrected chi connectivity index (χ1v) is 11.3. The summed E-state index contributed by atoms with van der Waals surface area (Å²) in [6.45, 7) is 6.23. The van der Waals surface area contributed by atoms with Crippen molar-refractivity contribution in [3.63, 3.8) is 0 Å². The number of piperidine rings is 1. The Bertz CT molecular complexity index is 862. The van der Waals surface area contributed by atoms with Gasteiger partial charge in [0.2, 0.25) is 5.91 Å². The summed E-state index contributed by atoms with van der Waals surface area (Å²) < 4.78 is 7.08. The Hall–Kier alpha value is -2.55. The van der Waals surface area contributed by atoms with E-state index in [1.54, 1.807) is 31.4 Å². The molecule has 0 saturated carbocycles. The summed E-state index contributed by atoms with van der Waals surface area (Å²) >= 11 is 1.40. The summed E-state index contributed by atoms with van der Waals surface area (Å²) in [7, 11) is 1.59. The lowest BCUT2D eigenvalue weighted by molar-refractivity contribution is -0.129. The molecule has 30 heavy (non-hydrogen) atoms. The number of likely N-dealkylation sites (tertiary alicyclic amines) is 1. The SMILES string of the molecule is CCn1c(SCC(=O)N2CCCCC2)nnc1[C@H](C)NC(=O)c1ccc(OC)cc1. The van der Waals surface area contributed by atoms with Gasteiger partial charge >= 0.3 is 0 Å². The molecule has 9 heteroatoms. The monoisotopic (exact) mass is 431 g/mol. The molecule has 1 N–H and O–H groups in total. The molecule has 2 amide bonds. The summed E-state index contributed by atoms with van der Waals surface area (Å²) in [5.74, 6) is 1.68. The third-order valence-electron chi connectivity index (χ3n) is 5.18. The maximum atomic E-state index is 12.6. The molecule has 162 valence electrons. The van der Waals surface area contributed by atoms with E-state index in [2.05, 4.69) is 15.5 Å². The zero-order chi connectivity index (χ0) is 21.5. The van der Waals surface area contributed by atoms with Gasteiger partial charge in [-0.1, -0.05) is 11.8 Å². The second-order valence-corrected chi connectivity index (χ2v) is 8.18. The number of benzene rings is 1. The van der Waals surface area contributed by atoms with Gasteiger partial charge in [-0.15, -0.1) is 10.2 Å². The number of hydrogen-bond donors (Lipinski definition) is 1. The Balaban J connectivity index is 1.61. The first-order valence-electron chi connectivity index (χ1n) is 10.3. The van der Waals surface area contributed by atoms with Gasteiger partial charge in [-0.05, 0) is 57.4 Å². The molecule has 1 saturated heterocycles. The molecule has 0 radical (unpaired) electrons. The molecule has 0 spiro atoms. The van der Waals surface area contributed by atoms with E-state index in [-0.39, 0.29) is 17.9 Å². The fourth-order valence-corrected chi connectivity index (χ4v) is 4.38. The van der Waals surface area contributed by atoms with Gasteiger partial charge in [0.1, 0.15) is 5.75 Å². The minimum absolute atomic E-state index is 0.146.